The highest BCUT2D eigenvalue weighted by molar-refractivity contribution is 9.10. The van der Waals surface area contributed by atoms with Gasteiger partial charge in [0.05, 0.1) is 4.90 Å². The van der Waals surface area contributed by atoms with Crippen LogP contribution in [0.2, 0.25) is 0 Å². The number of nitrogens with two attached hydrogens (primary N) is 2. The molecule has 110 valence electrons. The minimum atomic E-state index is -3.77. The number of halogens is 1. The molecule has 0 spiro atoms. The van der Waals surface area contributed by atoms with E-state index in [1.807, 2.05) is 0 Å². The van der Waals surface area contributed by atoms with Crippen LogP contribution in [0.1, 0.15) is 18.4 Å². The van der Waals surface area contributed by atoms with Gasteiger partial charge in [-0.1, -0.05) is 0 Å². The van der Waals surface area contributed by atoms with Gasteiger partial charge in [0.15, 0.2) is 0 Å². The van der Waals surface area contributed by atoms with Crippen LogP contribution in [0, 0.1) is 6.92 Å². The van der Waals surface area contributed by atoms with Gasteiger partial charge in [0.2, 0.25) is 15.9 Å². The molecule has 4 N–H and O–H groups in total. The number of benzene rings is 1. The normalized spacial score (nSPS) is 20.2. The fourth-order valence-electron chi connectivity index (χ4n) is 2.38. The van der Waals surface area contributed by atoms with Crippen LogP contribution in [0.4, 0.5) is 5.69 Å². The predicted molar refractivity (Wildman–Crippen MR) is 79.4 cm³/mol. The van der Waals surface area contributed by atoms with E-state index >= 15 is 0 Å². The van der Waals surface area contributed by atoms with Gasteiger partial charge in [-0.3, -0.25) is 4.79 Å². The van der Waals surface area contributed by atoms with E-state index in [2.05, 4.69) is 15.9 Å². The Hall–Kier alpha value is -1.12. The van der Waals surface area contributed by atoms with Gasteiger partial charge in [-0.2, -0.15) is 4.31 Å². The minimum absolute atomic E-state index is 0.117. The first-order valence-electron chi connectivity index (χ1n) is 6.12. The molecule has 1 unspecified atom stereocenters. The fraction of sp³-hybridized carbons (Fsp3) is 0.417. The third-order valence-electron chi connectivity index (χ3n) is 3.41. The summed E-state index contributed by atoms with van der Waals surface area (Å²) in [6.07, 6.45) is 1.08. The predicted octanol–water partition coefficient (Wildman–Crippen LogP) is 0.978. The van der Waals surface area contributed by atoms with Crippen molar-refractivity contribution in [1.82, 2.24) is 4.31 Å². The topological polar surface area (TPSA) is 106 Å². The van der Waals surface area contributed by atoms with Crippen LogP contribution in [0.25, 0.3) is 0 Å². The van der Waals surface area contributed by atoms with E-state index in [-0.39, 0.29) is 4.90 Å². The molecule has 6 nitrogen and oxygen atoms in total. The van der Waals surface area contributed by atoms with E-state index in [0.717, 1.165) is 0 Å². The van der Waals surface area contributed by atoms with E-state index in [1.165, 1.54) is 10.4 Å². The average Bonchev–Trinajstić information content (AvgIpc) is 2.83. The van der Waals surface area contributed by atoms with Crippen molar-refractivity contribution in [2.45, 2.75) is 30.7 Å². The van der Waals surface area contributed by atoms with Gasteiger partial charge in [0, 0.05) is 16.7 Å². The molecule has 0 bridgehead atoms. The zero-order valence-corrected chi connectivity index (χ0v) is 13.4. The van der Waals surface area contributed by atoms with Crippen LogP contribution in [0.15, 0.2) is 21.5 Å². The van der Waals surface area contributed by atoms with Gasteiger partial charge in [0.1, 0.15) is 6.04 Å². The second kappa shape index (κ2) is 5.34. The summed E-state index contributed by atoms with van der Waals surface area (Å²) >= 11 is 3.26. The summed E-state index contributed by atoms with van der Waals surface area (Å²) < 4.78 is 27.2. The molecule has 0 saturated carbocycles. The van der Waals surface area contributed by atoms with Crippen LogP contribution in [0.5, 0.6) is 0 Å². The van der Waals surface area contributed by atoms with Gasteiger partial charge >= 0.3 is 0 Å². The van der Waals surface area contributed by atoms with Crippen molar-refractivity contribution >= 4 is 37.5 Å². The van der Waals surface area contributed by atoms with Gasteiger partial charge in [-0.25, -0.2) is 8.42 Å². The number of nitrogen functional groups attached to an aromatic ring is 1. The number of sulfonamides is 1. The van der Waals surface area contributed by atoms with Crippen molar-refractivity contribution in [3.05, 3.63) is 22.2 Å². The summed E-state index contributed by atoms with van der Waals surface area (Å²) in [6.45, 7) is 1.98. The Morgan fingerprint density at radius 2 is 2.10 bits per heavy atom. The molecule has 1 amide bonds. The molecule has 8 heteroatoms. The number of hydrogen-bond donors (Lipinski definition) is 2. The van der Waals surface area contributed by atoms with Crippen molar-refractivity contribution in [3.63, 3.8) is 0 Å². The number of carbonyl (C=O) groups is 1. The highest BCUT2D eigenvalue weighted by atomic mass is 79.9. The van der Waals surface area contributed by atoms with Crippen LogP contribution in [-0.4, -0.2) is 31.2 Å². The van der Waals surface area contributed by atoms with Gasteiger partial charge in [-0.15, -0.1) is 0 Å². The summed E-state index contributed by atoms with van der Waals surface area (Å²) in [5.41, 5.74) is 11.9. The summed E-state index contributed by atoms with van der Waals surface area (Å²) in [4.78, 5) is 11.5. The Morgan fingerprint density at radius 3 is 2.70 bits per heavy atom. The molecule has 1 atom stereocenters. The minimum Gasteiger partial charge on any atom is -0.398 e. The first kappa shape index (κ1) is 15.3. The number of primary amides is 1. The summed E-state index contributed by atoms with van der Waals surface area (Å²) in [7, 11) is -3.77. The lowest BCUT2D eigenvalue weighted by Gasteiger charge is -2.23. The molecule has 1 aromatic rings. The average molecular weight is 362 g/mol. The molecular weight excluding hydrogens is 346 g/mol. The second-order valence-electron chi connectivity index (χ2n) is 4.82. The van der Waals surface area contributed by atoms with Crippen molar-refractivity contribution in [2.75, 3.05) is 12.3 Å². The number of aryl methyl sites for hydroxylation is 1. The molecule has 1 heterocycles. The van der Waals surface area contributed by atoms with E-state index in [9.17, 15) is 13.2 Å². The van der Waals surface area contributed by atoms with Crippen LogP contribution in [-0.2, 0) is 14.8 Å². The number of anilines is 1. The van der Waals surface area contributed by atoms with Crippen molar-refractivity contribution in [2.24, 2.45) is 5.73 Å². The van der Waals surface area contributed by atoms with E-state index in [4.69, 9.17) is 11.5 Å². The Balaban J connectivity index is 2.50. The van der Waals surface area contributed by atoms with E-state index < -0.39 is 22.0 Å². The number of hydrogen-bond acceptors (Lipinski definition) is 4. The van der Waals surface area contributed by atoms with Crippen molar-refractivity contribution in [3.8, 4) is 0 Å². The Kier molecular flexibility index (Phi) is 4.08. The molecule has 1 saturated heterocycles. The maximum Gasteiger partial charge on any atom is 0.244 e. The lowest BCUT2D eigenvalue weighted by Crippen LogP contribution is -2.43. The van der Waals surface area contributed by atoms with E-state index in [1.54, 1.807) is 13.0 Å². The molecule has 1 aliphatic rings. The maximum atomic E-state index is 12.7. The number of carbonyl (C=O) groups excluding carboxylic acids is 1. The zero-order valence-electron chi connectivity index (χ0n) is 11.0. The molecule has 20 heavy (non-hydrogen) atoms. The fourth-order valence-corrected chi connectivity index (χ4v) is 4.75. The van der Waals surface area contributed by atoms with Gasteiger partial charge in [-0.05, 0) is 53.4 Å². The van der Waals surface area contributed by atoms with Crippen LogP contribution >= 0.6 is 15.9 Å². The lowest BCUT2D eigenvalue weighted by atomic mass is 10.2. The third-order valence-corrected chi connectivity index (χ3v) is 6.15. The second-order valence-corrected chi connectivity index (χ2v) is 7.53. The first-order valence-corrected chi connectivity index (χ1v) is 8.35. The first-order chi connectivity index (χ1) is 9.25. The standard InChI is InChI=1S/C12H16BrN3O3S/c1-7-5-8(13)9(14)6-11(7)20(18,19)16-4-2-3-10(16)12(15)17/h5-6,10H,2-4,14H2,1H3,(H2,15,17). The lowest BCUT2D eigenvalue weighted by molar-refractivity contribution is -0.121. The highest BCUT2D eigenvalue weighted by Gasteiger charge is 2.39. The number of amides is 1. The molecule has 0 aliphatic carbocycles. The number of rotatable bonds is 3. The quantitative estimate of drug-likeness (QED) is 0.782. The smallest absolute Gasteiger partial charge is 0.244 e. The van der Waals surface area contributed by atoms with Crippen molar-refractivity contribution < 1.29 is 13.2 Å². The molecule has 0 radical (unpaired) electrons. The zero-order chi connectivity index (χ0) is 15.1. The Morgan fingerprint density at radius 1 is 1.45 bits per heavy atom. The molecule has 1 aliphatic heterocycles. The SMILES string of the molecule is Cc1cc(Br)c(N)cc1S(=O)(=O)N1CCCC1C(N)=O. The van der Waals surface area contributed by atoms with E-state index in [0.29, 0.717) is 35.1 Å². The summed E-state index contributed by atoms with van der Waals surface area (Å²) in [5.74, 6) is -0.617. The van der Waals surface area contributed by atoms with Gasteiger partial charge in [0.25, 0.3) is 0 Å². The molecule has 2 rings (SSSR count). The largest absolute Gasteiger partial charge is 0.398 e. The summed E-state index contributed by atoms with van der Waals surface area (Å²) in [6, 6.07) is 2.28. The van der Waals surface area contributed by atoms with Crippen molar-refractivity contribution in [1.29, 1.82) is 0 Å². The summed E-state index contributed by atoms with van der Waals surface area (Å²) in [5, 5.41) is 0. The van der Waals surface area contributed by atoms with Gasteiger partial charge < -0.3 is 11.5 Å². The Bertz CT molecular complexity index is 660. The molecule has 1 aromatic carbocycles. The third kappa shape index (κ3) is 2.55. The maximum absolute atomic E-state index is 12.7. The Labute approximate surface area is 126 Å². The molecule has 0 aromatic heterocycles. The molecule has 1 fully saturated rings. The van der Waals surface area contributed by atoms with Crippen LogP contribution in [0.3, 0.4) is 0 Å². The van der Waals surface area contributed by atoms with Crippen LogP contribution < -0.4 is 11.5 Å². The number of nitrogens with zero attached hydrogens (tertiary/aromatic N) is 1. The molecular formula is C12H16BrN3O3S. The highest BCUT2D eigenvalue weighted by Crippen LogP contribution is 2.31. The monoisotopic (exact) mass is 361 g/mol.